The van der Waals surface area contributed by atoms with E-state index >= 15 is 0 Å². The monoisotopic (exact) mass is 300 g/mol. The number of carbonyl (C=O) groups excluding carboxylic acids is 1. The molecule has 0 fully saturated rings. The van der Waals surface area contributed by atoms with Crippen molar-refractivity contribution >= 4 is 5.91 Å². The maximum absolute atomic E-state index is 12.6. The Hall–Kier alpha value is -2.37. The molecule has 6 heteroatoms. The van der Waals surface area contributed by atoms with Crippen LogP contribution in [0, 0.1) is 0 Å². The lowest BCUT2D eigenvalue weighted by Gasteiger charge is -2.21. The second-order valence-corrected chi connectivity index (χ2v) is 5.86. The second kappa shape index (κ2) is 5.79. The lowest BCUT2D eigenvalue weighted by Crippen LogP contribution is -2.39. The molecule has 3 rings (SSSR count). The summed E-state index contributed by atoms with van der Waals surface area (Å²) in [6, 6.07) is 8.04. The zero-order chi connectivity index (χ0) is 15.7. The Balaban J connectivity index is 1.67. The van der Waals surface area contributed by atoms with Crippen molar-refractivity contribution in [2.24, 2.45) is 0 Å². The predicted octanol–water partition coefficient (Wildman–Crippen LogP) is 1.82. The Morgan fingerprint density at radius 3 is 2.95 bits per heavy atom. The second-order valence-electron chi connectivity index (χ2n) is 5.86. The van der Waals surface area contributed by atoms with Gasteiger partial charge in [-0.2, -0.15) is 0 Å². The van der Waals surface area contributed by atoms with Crippen molar-refractivity contribution in [1.29, 1.82) is 0 Å². The molecule has 1 atom stereocenters. The number of hydrogen-bond acceptors (Lipinski definition) is 4. The molecule has 1 aliphatic rings. The van der Waals surface area contributed by atoms with Crippen molar-refractivity contribution in [2.45, 2.75) is 39.0 Å². The van der Waals surface area contributed by atoms with Crippen molar-refractivity contribution in [3.05, 3.63) is 42.0 Å². The molecule has 116 valence electrons. The van der Waals surface area contributed by atoms with Crippen LogP contribution in [0.5, 0.6) is 5.75 Å². The molecule has 1 amide bonds. The highest BCUT2D eigenvalue weighted by atomic mass is 16.5. The summed E-state index contributed by atoms with van der Waals surface area (Å²) in [6.07, 6.45) is 1.87. The summed E-state index contributed by atoms with van der Waals surface area (Å²) < 4.78 is 7.72. The van der Waals surface area contributed by atoms with E-state index in [4.69, 9.17) is 4.74 Å². The molecule has 0 saturated carbocycles. The molecule has 0 saturated heterocycles. The molecule has 0 spiro atoms. The molecule has 0 unspecified atom stereocenters. The Labute approximate surface area is 129 Å². The van der Waals surface area contributed by atoms with Crippen LogP contribution in [0.2, 0.25) is 0 Å². The quantitative estimate of drug-likeness (QED) is 0.864. The highest BCUT2D eigenvalue weighted by Crippen LogP contribution is 2.28. The third kappa shape index (κ3) is 2.68. The third-order valence-corrected chi connectivity index (χ3v) is 3.88. The van der Waals surface area contributed by atoms with Gasteiger partial charge in [0.1, 0.15) is 12.1 Å². The zero-order valence-corrected chi connectivity index (χ0v) is 13.1. The van der Waals surface area contributed by atoms with Gasteiger partial charge in [0.2, 0.25) is 0 Å². The lowest BCUT2D eigenvalue weighted by molar-refractivity contribution is -0.137. The fourth-order valence-corrected chi connectivity index (χ4v) is 2.67. The molecule has 0 bridgehead atoms. The van der Waals surface area contributed by atoms with E-state index in [9.17, 15) is 4.79 Å². The van der Waals surface area contributed by atoms with Gasteiger partial charge in [0.05, 0.1) is 6.54 Å². The first-order valence-electron chi connectivity index (χ1n) is 7.44. The first-order valence-corrected chi connectivity index (χ1v) is 7.44. The minimum atomic E-state index is -0.446. The summed E-state index contributed by atoms with van der Waals surface area (Å²) in [5, 5.41) is 8.03. The number of hydrogen-bond donors (Lipinski definition) is 0. The van der Waals surface area contributed by atoms with E-state index in [1.54, 1.807) is 18.3 Å². The molecule has 2 aromatic rings. The van der Waals surface area contributed by atoms with E-state index in [0.717, 1.165) is 17.1 Å². The molecular formula is C16H20N4O2. The summed E-state index contributed by atoms with van der Waals surface area (Å²) in [5.41, 5.74) is 1.08. The summed E-state index contributed by atoms with van der Waals surface area (Å²) in [5.74, 6) is 1.55. The fraction of sp³-hybridized carbons (Fsp3) is 0.438. The molecule has 22 heavy (non-hydrogen) atoms. The Morgan fingerprint density at radius 1 is 1.45 bits per heavy atom. The van der Waals surface area contributed by atoms with Crippen molar-refractivity contribution in [3.8, 4) is 5.75 Å². The van der Waals surface area contributed by atoms with Crippen molar-refractivity contribution in [1.82, 2.24) is 19.7 Å². The largest absolute Gasteiger partial charge is 0.480 e. The van der Waals surface area contributed by atoms with Gasteiger partial charge in [-0.25, -0.2) is 0 Å². The average Bonchev–Trinajstić information content (AvgIpc) is 3.12. The summed E-state index contributed by atoms with van der Waals surface area (Å²) in [7, 11) is 1.77. The van der Waals surface area contributed by atoms with Gasteiger partial charge in [-0.05, 0) is 25.5 Å². The predicted molar refractivity (Wildman–Crippen MR) is 81.4 cm³/mol. The Bertz CT molecular complexity index is 655. The van der Waals surface area contributed by atoms with Crippen molar-refractivity contribution in [3.63, 3.8) is 0 Å². The van der Waals surface area contributed by atoms with Crippen LogP contribution >= 0.6 is 0 Å². The number of rotatable bonds is 4. The molecule has 1 aromatic carbocycles. The van der Waals surface area contributed by atoms with Gasteiger partial charge >= 0.3 is 0 Å². The number of carbonyl (C=O) groups is 1. The number of ether oxygens (including phenoxy) is 1. The minimum Gasteiger partial charge on any atom is -0.480 e. The van der Waals surface area contributed by atoms with Crippen molar-refractivity contribution in [2.75, 3.05) is 7.05 Å². The zero-order valence-electron chi connectivity index (χ0n) is 13.1. The van der Waals surface area contributed by atoms with E-state index in [-0.39, 0.29) is 11.9 Å². The summed E-state index contributed by atoms with van der Waals surface area (Å²) in [4.78, 5) is 14.2. The first kappa shape index (κ1) is 14.6. The van der Waals surface area contributed by atoms with E-state index < -0.39 is 6.10 Å². The van der Waals surface area contributed by atoms with Crippen LogP contribution in [0.3, 0.4) is 0 Å². The van der Waals surface area contributed by atoms with E-state index in [1.165, 1.54) is 0 Å². The molecule has 2 heterocycles. The standard InChI is InChI=1S/C16H20N4O2/c1-11(2)20-10-17-18-15(20)9-19(3)16(21)14-8-12-6-4-5-7-13(12)22-14/h4-7,10-11,14H,8-9H2,1-3H3/t14-/m0/s1. The molecule has 0 aliphatic carbocycles. The lowest BCUT2D eigenvalue weighted by atomic mass is 10.1. The van der Waals surface area contributed by atoms with Gasteiger partial charge in [-0.3, -0.25) is 4.79 Å². The van der Waals surface area contributed by atoms with Gasteiger partial charge in [0, 0.05) is 19.5 Å². The van der Waals surface area contributed by atoms with Crippen LogP contribution in [0.4, 0.5) is 0 Å². The van der Waals surface area contributed by atoms with Crippen LogP contribution < -0.4 is 4.74 Å². The normalized spacial score (nSPS) is 16.5. The minimum absolute atomic E-state index is 0.0329. The van der Waals surface area contributed by atoms with Gasteiger partial charge < -0.3 is 14.2 Å². The maximum Gasteiger partial charge on any atom is 0.264 e. The smallest absolute Gasteiger partial charge is 0.264 e. The van der Waals surface area contributed by atoms with E-state index in [1.807, 2.05) is 28.8 Å². The van der Waals surface area contributed by atoms with Gasteiger partial charge in [0.25, 0.3) is 5.91 Å². The SMILES string of the molecule is CC(C)n1cnnc1CN(C)C(=O)[C@@H]1Cc2ccccc2O1. The Kier molecular flexibility index (Phi) is 3.83. The van der Waals surface area contributed by atoms with Crippen LogP contribution in [-0.4, -0.2) is 38.7 Å². The molecule has 1 aromatic heterocycles. The number of amides is 1. The topological polar surface area (TPSA) is 60.2 Å². The number of aromatic nitrogens is 3. The maximum atomic E-state index is 12.6. The van der Waals surface area contributed by atoms with Crippen LogP contribution in [-0.2, 0) is 17.8 Å². The van der Waals surface area contributed by atoms with E-state index in [2.05, 4.69) is 24.0 Å². The summed E-state index contributed by atoms with van der Waals surface area (Å²) in [6.45, 7) is 4.55. The highest BCUT2D eigenvalue weighted by Gasteiger charge is 2.31. The number of para-hydroxylation sites is 1. The van der Waals surface area contributed by atoms with Crippen molar-refractivity contribution < 1.29 is 9.53 Å². The Morgan fingerprint density at radius 2 is 2.23 bits per heavy atom. The number of benzene rings is 1. The number of likely N-dealkylation sites (N-methyl/N-ethyl adjacent to an activating group) is 1. The van der Waals surface area contributed by atoms with Gasteiger partial charge in [-0.15, -0.1) is 10.2 Å². The van der Waals surface area contributed by atoms with Crippen LogP contribution in [0.1, 0.15) is 31.3 Å². The van der Waals surface area contributed by atoms with Gasteiger partial charge in [-0.1, -0.05) is 18.2 Å². The van der Waals surface area contributed by atoms with Gasteiger partial charge in [0.15, 0.2) is 11.9 Å². The van der Waals surface area contributed by atoms with E-state index in [0.29, 0.717) is 13.0 Å². The number of nitrogens with zero attached hydrogens (tertiary/aromatic N) is 4. The fourth-order valence-electron chi connectivity index (χ4n) is 2.67. The molecule has 0 radical (unpaired) electrons. The molecule has 0 N–H and O–H groups in total. The molecule has 6 nitrogen and oxygen atoms in total. The first-order chi connectivity index (χ1) is 10.6. The number of fused-ring (bicyclic) bond motifs is 1. The van der Waals surface area contributed by atoms with Crippen LogP contribution in [0.15, 0.2) is 30.6 Å². The molecular weight excluding hydrogens is 280 g/mol. The molecule has 1 aliphatic heterocycles. The summed E-state index contributed by atoms with van der Waals surface area (Å²) >= 11 is 0. The third-order valence-electron chi connectivity index (χ3n) is 3.88. The average molecular weight is 300 g/mol. The van der Waals surface area contributed by atoms with Crippen LogP contribution in [0.25, 0.3) is 0 Å². The highest BCUT2D eigenvalue weighted by molar-refractivity contribution is 5.82.